The van der Waals surface area contributed by atoms with Crippen molar-refractivity contribution in [2.75, 3.05) is 6.61 Å². The lowest BCUT2D eigenvalue weighted by molar-refractivity contribution is -0.137. The highest BCUT2D eigenvalue weighted by Gasteiger charge is 2.44. The number of carbonyl (C=O) groups excluding carboxylic acids is 2. The molecule has 0 bridgehead atoms. The molecule has 1 saturated carbocycles. The van der Waals surface area contributed by atoms with Gasteiger partial charge in [0.2, 0.25) is 0 Å². The number of allylic oxidation sites excluding steroid dienone is 1. The molecule has 0 aromatic heterocycles. The van der Waals surface area contributed by atoms with Crippen molar-refractivity contribution < 1.29 is 19.1 Å². The number of esters is 1. The average molecular weight is 363 g/mol. The average Bonchev–Trinajstić information content (AvgIpc) is 2.57. The predicted molar refractivity (Wildman–Crippen MR) is 102 cm³/mol. The SMILES string of the molecule is C=C[C@@H]1CCC[C@@H]2[C@H]1CC[C@@H](/C=C/C(=O)OCC)N2C(=O)OC(C)(C)C. The Balaban J connectivity index is 2.24. The van der Waals surface area contributed by atoms with Crippen LogP contribution in [0.25, 0.3) is 0 Å². The van der Waals surface area contributed by atoms with Crippen molar-refractivity contribution in [2.24, 2.45) is 11.8 Å². The van der Waals surface area contributed by atoms with Crippen LogP contribution in [-0.4, -0.2) is 41.3 Å². The van der Waals surface area contributed by atoms with Gasteiger partial charge in [-0.3, -0.25) is 4.90 Å². The van der Waals surface area contributed by atoms with E-state index in [0.29, 0.717) is 18.4 Å². The number of nitrogens with zero attached hydrogens (tertiary/aromatic N) is 1. The van der Waals surface area contributed by atoms with E-state index in [0.717, 1.165) is 32.1 Å². The lowest BCUT2D eigenvalue weighted by atomic mass is 9.70. The monoisotopic (exact) mass is 363 g/mol. The summed E-state index contributed by atoms with van der Waals surface area (Å²) in [6, 6.07) is -0.00809. The Hall–Kier alpha value is -1.78. The third-order valence-corrected chi connectivity index (χ3v) is 5.24. The van der Waals surface area contributed by atoms with Gasteiger partial charge in [-0.25, -0.2) is 9.59 Å². The molecule has 2 rings (SSSR count). The van der Waals surface area contributed by atoms with E-state index in [1.165, 1.54) is 6.08 Å². The molecule has 0 spiro atoms. The molecular weight excluding hydrogens is 330 g/mol. The summed E-state index contributed by atoms with van der Waals surface area (Å²) < 4.78 is 10.7. The number of carbonyl (C=O) groups is 2. The molecule has 1 aliphatic heterocycles. The number of hydrogen-bond acceptors (Lipinski definition) is 4. The molecule has 4 atom stereocenters. The summed E-state index contributed by atoms with van der Waals surface area (Å²) in [4.78, 5) is 26.6. The summed E-state index contributed by atoms with van der Waals surface area (Å²) in [6.45, 7) is 11.8. The third kappa shape index (κ3) is 5.12. The highest BCUT2D eigenvalue weighted by Crippen LogP contribution is 2.42. The maximum atomic E-state index is 13.0. The standard InChI is InChI=1S/C21H33NO4/c1-6-15-9-8-10-18-17(15)13-11-16(12-14-19(23)25-7-2)22(18)20(24)26-21(3,4)5/h6,12,14-18H,1,7-11,13H2,2-5H3/b14-12+/t15-,16+,17+,18-/m1/s1. The molecule has 2 aliphatic rings. The van der Waals surface area contributed by atoms with Crippen LogP contribution in [0.2, 0.25) is 0 Å². The summed E-state index contributed by atoms with van der Waals surface area (Å²) in [6.07, 6.45) is 10.0. The van der Waals surface area contributed by atoms with Gasteiger partial charge in [0.05, 0.1) is 12.6 Å². The fraction of sp³-hybridized carbons (Fsp3) is 0.714. The van der Waals surface area contributed by atoms with Crippen LogP contribution < -0.4 is 0 Å². The first-order valence-electron chi connectivity index (χ1n) is 9.75. The van der Waals surface area contributed by atoms with E-state index < -0.39 is 5.60 Å². The fourth-order valence-corrected chi connectivity index (χ4v) is 4.22. The minimum absolute atomic E-state index is 0.132. The largest absolute Gasteiger partial charge is 0.463 e. The van der Waals surface area contributed by atoms with Crippen molar-refractivity contribution in [1.82, 2.24) is 4.90 Å². The maximum absolute atomic E-state index is 13.0. The number of amides is 1. The van der Waals surface area contributed by atoms with Crippen LogP contribution >= 0.6 is 0 Å². The van der Waals surface area contributed by atoms with E-state index in [2.05, 4.69) is 6.58 Å². The second-order valence-corrected chi connectivity index (χ2v) is 8.21. The van der Waals surface area contributed by atoms with E-state index in [4.69, 9.17) is 9.47 Å². The van der Waals surface area contributed by atoms with Crippen LogP contribution in [0.15, 0.2) is 24.8 Å². The second kappa shape index (κ2) is 8.74. The molecular formula is C21H33NO4. The molecule has 0 unspecified atom stereocenters. The van der Waals surface area contributed by atoms with E-state index in [9.17, 15) is 9.59 Å². The number of likely N-dealkylation sites (tertiary alicyclic amines) is 1. The molecule has 1 aliphatic carbocycles. The van der Waals surface area contributed by atoms with Crippen LogP contribution in [0.4, 0.5) is 4.79 Å². The highest BCUT2D eigenvalue weighted by atomic mass is 16.6. The Morgan fingerprint density at radius 2 is 1.92 bits per heavy atom. The zero-order chi connectivity index (χ0) is 19.3. The van der Waals surface area contributed by atoms with Gasteiger partial charge >= 0.3 is 12.1 Å². The van der Waals surface area contributed by atoms with Crippen LogP contribution in [0, 0.1) is 11.8 Å². The van der Waals surface area contributed by atoms with Crippen LogP contribution in [-0.2, 0) is 14.3 Å². The number of rotatable bonds is 4. The van der Waals surface area contributed by atoms with Crippen molar-refractivity contribution in [3.05, 3.63) is 24.8 Å². The van der Waals surface area contributed by atoms with E-state index >= 15 is 0 Å². The first kappa shape index (κ1) is 20.5. The van der Waals surface area contributed by atoms with Crippen molar-refractivity contribution in [3.63, 3.8) is 0 Å². The number of fused-ring (bicyclic) bond motifs is 1. The molecule has 5 nitrogen and oxygen atoms in total. The molecule has 1 amide bonds. The minimum atomic E-state index is -0.550. The number of piperidine rings is 1. The molecule has 0 N–H and O–H groups in total. The Morgan fingerprint density at radius 3 is 2.54 bits per heavy atom. The van der Waals surface area contributed by atoms with E-state index in [-0.39, 0.29) is 24.1 Å². The number of ether oxygens (including phenoxy) is 2. The number of hydrogen-bond donors (Lipinski definition) is 0. The van der Waals surface area contributed by atoms with Crippen molar-refractivity contribution in [3.8, 4) is 0 Å². The normalized spacial score (nSPS) is 29.2. The summed E-state index contributed by atoms with van der Waals surface area (Å²) in [5.74, 6) is 0.487. The lowest BCUT2D eigenvalue weighted by Gasteiger charge is -2.50. The molecule has 26 heavy (non-hydrogen) atoms. The zero-order valence-electron chi connectivity index (χ0n) is 16.6. The van der Waals surface area contributed by atoms with Crippen molar-refractivity contribution >= 4 is 12.1 Å². The summed E-state index contributed by atoms with van der Waals surface area (Å²) in [5.41, 5.74) is -0.550. The van der Waals surface area contributed by atoms with Gasteiger partial charge in [0.25, 0.3) is 0 Å². The maximum Gasteiger partial charge on any atom is 0.411 e. The Bertz CT molecular complexity index is 549. The molecule has 0 aromatic carbocycles. The van der Waals surface area contributed by atoms with Gasteiger partial charge < -0.3 is 9.47 Å². The van der Waals surface area contributed by atoms with Gasteiger partial charge in [0.1, 0.15) is 5.60 Å². The van der Waals surface area contributed by atoms with E-state index in [1.807, 2.05) is 31.7 Å². The lowest BCUT2D eigenvalue weighted by Crippen LogP contribution is -2.56. The van der Waals surface area contributed by atoms with Gasteiger partial charge in [-0.2, -0.15) is 0 Å². The Labute approximate surface area is 157 Å². The molecule has 2 fully saturated rings. The van der Waals surface area contributed by atoms with Gasteiger partial charge in [0, 0.05) is 12.1 Å². The Kier molecular flexibility index (Phi) is 6.90. The van der Waals surface area contributed by atoms with Gasteiger partial charge in [-0.1, -0.05) is 18.6 Å². The van der Waals surface area contributed by atoms with Crippen molar-refractivity contribution in [2.45, 2.75) is 77.5 Å². The molecule has 1 saturated heterocycles. The Morgan fingerprint density at radius 1 is 1.19 bits per heavy atom. The topological polar surface area (TPSA) is 55.8 Å². The van der Waals surface area contributed by atoms with Gasteiger partial charge in [0.15, 0.2) is 0 Å². The molecule has 146 valence electrons. The smallest absolute Gasteiger partial charge is 0.411 e. The predicted octanol–water partition coefficient (Wildman–Crippen LogP) is 4.48. The first-order chi connectivity index (χ1) is 12.3. The first-order valence-corrected chi connectivity index (χ1v) is 9.75. The second-order valence-electron chi connectivity index (χ2n) is 8.21. The third-order valence-electron chi connectivity index (χ3n) is 5.24. The molecule has 0 radical (unpaired) electrons. The highest BCUT2D eigenvalue weighted by molar-refractivity contribution is 5.82. The minimum Gasteiger partial charge on any atom is -0.463 e. The fourth-order valence-electron chi connectivity index (χ4n) is 4.22. The summed E-state index contributed by atoms with van der Waals surface area (Å²) >= 11 is 0. The van der Waals surface area contributed by atoms with Gasteiger partial charge in [-0.05, 0) is 65.2 Å². The quantitative estimate of drug-likeness (QED) is 0.420. The summed E-state index contributed by atoms with van der Waals surface area (Å²) in [5, 5.41) is 0. The molecule has 0 aromatic rings. The van der Waals surface area contributed by atoms with E-state index in [1.54, 1.807) is 13.0 Å². The molecule has 5 heteroatoms. The van der Waals surface area contributed by atoms with Crippen LogP contribution in [0.3, 0.4) is 0 Å². The van der Waals surface area contributed by atoms with Crippen LogP contribution in [0.5, 0.6) is 0 Å². The summed E-state index contributed by atoms with van der Waals surface area (Å²) in [7, 11) is 0. The molecule has 1 heterocycles. The van der Waals surface area contributed by atoms with Gasteiger partial charge in [-0.15, -0.1) is 6.58 Å². The van der Waals surface area contributed by atoms with Crippen LogP contribution in [0.1, 0.15) is 59.8 Å². The zero-order valence-corrected chi connectivity index (χ0v) is 16.6. The van der Waals surface area contributed by atoms with Crippen molar-refractivity contribution in [1.29, 1.82) is 0 Å².